The molecule has 3 aromatic rings. The molecule has 0 aliphatic carbocycles. The first-order valence-electron chi connectivity index (χ1n) is 11.0. The summed E-state index contributed by atoms with van der Waals surface area (Å²) in [7, 11) is 0. The zero-order chi connectivity index (χ0) is 22.2. The van der Waals surface area contributed by atoms with Crippen LogP contribution in [0.25, 0.3) is 0 Å². The molecule has 4 rings (SSSR count). The van der Waals surface area contributed by atoms with Crippen LogP contribution in [0.4, 0.5) is 4.39 Å². The highest BCUT2D eigenvalue weighted by atomic mass is 19.1. The number of hydrogen-bond acceptors (Lipinski definition) is 4. The van der Waals surface area contributed by atoms with Crippen molar-refractivity contribution in [2.75, 3.05) is 0 Å². The van der Waals surface area contributed by atoms with Gasteiger partial charge in [0.25, 0.3) is 0 Å². The minimum absolute atomic E-state index is 0.264. The van der Waals surface area contributed by atoms with Crippen molar-refractivity contribution in [2.45, 2.75) is 57.5 Å². The lowest BCUT2D eigenvalue weighted by Gasteiger charge is -2.42. The molecule has 0 amide bonds. The lowest BCUT2D eigenvalue weighted by atomic mass is 9.99. The van der Waals surface area contributed by atoms with Crippen LogP contribution in [0.3, 0.4) is 0 Å². The van der Waals surface area contributed by atoms with Gasteiger partial charge in [-0.15, -0.1) is 0 Å². The molecule has 1 heterocycles. The smallest absolute Gasteiger partial charge is 0.228 e. The first-order valence-corrected chi connectivity index (χ1v) is 11.0. The minimum atomic E-state index is -1.61. The molecule has 1 fully saturated rings. The van der Waals surface area contributed by atoms with Crippen molar-refractivity contribution >= 4 is 0 Å². The molecule has 0 saturated carbocycles. The first-order chi connectivity index (χ1) is 15.7. The Morgan fingerprint density at radius 2 is 0.969 bits per heavy atom. The molecule has 1 aliphatic heterocycles. The van der Waals surface area contributed by atoms with E-state index in [-0.39, 0.29) is 6.61 Å². The SMILES string of the molecule is C[C@@H]1O[C@@H](F)[C@@H](OCc2ccccc2)[C@H](OCc2ccccc2)[C@@H]1OCc1ccccc1. The van der Waals surface area contributed by atoms with E-state index in [0.717, 1.165) is 16.7 Å². The Balaban J connectivity index is 1.50. The molecule has 1 saturated heterocycles. The molecule has 5 atom stereocenters. The maximum atomic E-state index is 15.0. The van der Waals surface area contributed by atoms with E-state index in [1.165, 1.54) is 0 Å². The number of alkyl halides is 1. The van der Waals surface area contributed by atoms with Crippen molar-refractivity contribution in [3.63, 3.8) is 0 Å². The Morgan fingerprint density at radius 1 is 0.594 bits per heavy atom. The summed E-state index contributed by atoms with van der Waals surface area (Å²) in [6.45, 7) is 2.79. The van der Waals surface area contributed by atoms with Gasteiger partial charge in [-0.3, -0.25) is 0 Å². The van der Waals surface area contributed by atoms with Crippen LogP contribution in [0.5, 0.6) is 0 Å². The molecular weight excluding hydrogens is 407 g/mol. The first kappa shape index (κ1) is 22.6. The van der Waals surface area contributed by atoms with E-state index in [1.807, 2.05) is 97.9 Å². The molecule has 32 heavy (non-hydrogen) atoms. The minimum Gasteiger partial charge on any atom is -0.368 e. The van der Waals surface area contributed by atoms with Crippen LogP contribution in [0.2, 0.25) is 0 Å². The van der Waals surface area contributed by atoms with Crippen molar-refractivity contribution < 1.29 is 23.3 Å². The Bertz CT molecular complexity index is 867. The lowest BCUT2D eigenvalue weighted by Crippen LogP contribution is -2.58. The molecule has 0 aromatic heterocycles. The summed E-state index contributed by atoms with van der Waals surface area (Å²) < 4.78 is 39.1. The van der Waals surface area contributed by atoms with Gasteiger partial charge in [-0.2, -0.15) is 0 Å². The Morgan fingerprint density at radius 3 is 1.41 bits per heavy atom. The fourth-order valence-electron chi connectivity index (χ4n) is 3.85. The number of halogens is 1. The van der Waals surface area contributed by atoms with Crippen molar-refractivity contribution in [3.05, 3.63) is 108 Å². The van der Waals surface area contributed by atoms with Gasteiger partial charge in [0.15, 0.2) is 0 Å². The van der Waals surface area contributed by atoms with Gasteiger partial charge in [0.1, 0.15) is 18.3 Å². The maximum absolute atomic E-state index is 15.0. The Labute approximate surface area is 188 Å². The van der Waals surface area contributed by atoms with Crippen LogP contribution in [0.1, 0.15) is 23.6 Å². The van der Waals surface area contributed by atoms with E-state index < -0.39 is 30.8 Å². The number of hydrogen-bond donors (Lipinski definition) is 0. The van der Waals surface area contributed by atoms with Crippen molar-refractivity contribution in [1.82, 2.24) is 0 Å². The molecule has 0 radical (unpaired) electrons. The summed E-state index contributed by atoms with van der Waals surface area (Å²) in [4.78, 5) is 0. The van der Waals surface area contributed by atoms with E-state index in [0.29, 0.717) is 13.2 Å². The van der Waals surface area contributed by atoms with Crippen molar-refractivity contribution in [2.24, 2.45) is 0 Å². The third-order valence-corrected chi connectivity index (χ3v) is 5.57. The van der Waals surface area contributed by atoms with Crippen LogP contribution in [0, 0.1) is 0 Å². The quantitative estimate of drug-likeness (QED) is 0.447. The summed E-state index contributed by atoms with van der Waals surface area (Å²) >= 11 is 0. The fraction of sp³-hybridized carbons (Fsp3) is 0.333. The topological polar surface area (TPSA) is 36.9 Å². The fourth-order valence-corrected chi connectivity index (χ4v) is 3.85. The molecule has 0 bridgehead atoms. The van der Waals surface area contributed by atoms with E-state index in [2.05, 4.69) is 0 Å². The Hall–Kier alpha value is -2.57. The van der Waals surface area contributed by atoms with E-state index in [4.69, 9.17) is 18.9 Å². The predicted molar refractivity (Wildman–Crippen MR) is 121 cm³/mol. The van der Waals surface area contributed by atoms with E-state index in [9.17, 15) is 0 Å². The van der Waals surface area contributed by atoms with Crippen molar-refractivity contribution in [3.8, 4) is 0 Å². The van der Waals surface area contributed by atoms with E-state index in [1.54, 1.807) is 0 Å². The number of ether oxygens (including phenoxy) is 4. The van der Waals surface area contributed by atoms with E-state index >= 15 is 4.39 Å². The van der Waals surface area contributed by atoms with Gasteiger partial charge in [-0.05, 0) is 23.6 Å². The number of benzene rings is 3. The second kappa shape index (κ2) is 11.3. The zero-order valence-electron chi connectivity index (χ0n) is 18.2. The van der Waals surface area contributed by atoms with Gasteiger partial charge in [0.2, 0.25) is 6.36 Å². The molecule has 1 aliphatic rings. The highest BCUT2D eigenvalue weighted by Crippen LogP contribution is 2.30. The second-order valence-corrected chi connectivity index (χ2v) is 7.98. The van der Waals surface area contributed by atoms with Crippen molar-refractivity contribution in [1.29, 1.82) is 0 Å². The highest BCUT2D eigenvalue weighted by Gasteiger charge is 2.47. The molecule has 3 aromatic carbocycles. The van der Waals surface area contributed by atoms with Crippen LogP contribution in [0.15, 0.2) is 91.0 Å². The Kier molecular flexibility index (Phi) is 8.02. The lowest BCUT2D eigenvalue weighted by molar-refractivity contribution is -0.288. The second-order valence-electron chi connectivity index (χ2n) is 7.98. The summed E-state index contributed by atoms with van der Waals surface area (Å²) in [5, 5.41) is 0. The molecule has 4 nitrogen and oxygen atoms in total. The van der Waals surface area contributed by atoms with Crippen LogP contribution in [-0.2, 0) is 38.8 Å². The summed E-state index contributed by atoms with van der Waals surface area (Å²) in [6.07, 6.45) is -4.10. The van der Waals surface area contributed by atoms with Gasteiger partial charge < -0.3 is 18.9 Å². The largest absolute Gasteiger partial charge is 0.368 e. The predicted octanol–water partition coefficient (Wildman–Crippen LogP) is 5.46. The standard InChI is InChI=1S/C27H29FO4/c1-20-24(29-17-21-11-5-2-6-12-21)25(30-18-22-13-7-3-8-14-22)26(27(28)32-20)31-19-23-15-9-4-10-16-23/h2-16,20,24-27H,17-19H2,1H3/t20-,24+,25+,26-,27+/m0/s1. The monoisotopic (exact) mass is 436 g/mol. The van der Waals surface area contributed by atoms with Crippen LogP contribution in [-0.4, -0.2) is 30.8 Å². The van der Waals surface area contributed by atoms with Crippen LogP contribution < -0.4 is 0 Å². The van der Waals surface area contributed by atoms with Gasteiger partial charge in [-0.1, -0.05) is 91.0 Å². The molecule has 0 unspecified atom stereocenters. The third kappa shape index (κ3) is 6.02. The molecule has 5 heteroatoms. The average Bonchev–Trinajstić information content (AvgIpc) is 2.83. The molecule has 0 spiro atoms. The highest BCUT2D eigenvalue weighted by molar-refractivity contribution is 5.15. The van der Waals surface area contributed by atoms with Crippen LogP contribution >= 0.6 is 0 Å². The normalized spacial score (nSPS) is 25.5. The maximum Gasteiger partial charge on any atom is 0.228 e. The zero-order valence-corrected chi connectivity index (χ0v) is 18.2. The molecule has 168 valence electrons. The van der Waals surface area contributed by atoms with Gasteiger partial charge >= 0.3 is 0 Å². The summed E-state index contributed by atoms with van der Waals surface area (Å²) in [6, 6.07) is 29.4. The number of rotatable bonds is 9. The van der Waals surface area contributed by atoms with Gasteiger partial charge in [0, 0.05) is 0 Å². The summed E-state index contributed by atoms with van der Waals surface area (Å²) in [5.74, 6) is 0. The summed E-state index contributed by atoms with van der Waals surface area (Å²) in [5.41, 5.74) is 3.00. The van der Waals surface area contributed by atoms with Gasteiger partial charge in [-0.25, -0.2) is 4.39 Å². The molecule has 0 N–H and O–H groups in total. The van der Waals surface area contributed by atoms with Gasteiger partial charge in [0.05, 0.1) is 25.9 Å². The average molecular weight is 437 g/mol. The third-order valence-electron chi connectivity index (χ3n) is 5.57. The molecular formula is C27H29FO4.